The SMILES string of the molecule is CN(C)CC1(N2CCCCC2)CCCCC1.Cl.Cl. The van der Waals surface area contributed by atoms with Crippen LogP contribution in [0.5, 0.6) is 0 Å². The summed E-state index contributed by atoms with van der Waals surface area (Å²) in [6.07, 6.45) is 11.5. The first-order chi connectivity index (χ1) is 7.73. The van der Waals surface area contributed by atoms with Gasteiger partial charge in [0.25, 0.3) is 0 Å². The van der Waals surface area contributed by atoms with Crippen molar-refractivity contribution in [1.82, 2.24) is 9.80 Å². The minimum absolute atomic E-state index is 0. The summed E-state index contributed by atoms with van der Waals surface area (Å²) in [7, 11) is 4.47. The number of piperidine rings is 1. The van der Waals surface area contributed by atoms with Crippen molar-refractivity contribution in [3.8, 4) is 0 Å². The summed E-state index contributed by atoms with van der Waals surface area (Å²) in [4.78, 5) is 5.23. The zero-order valence-corrected chi connectivity index (χ0v) is 13.6. The maximum atomic E-state index is 2.83. The predicted octanol–water partition coefficient (Wildman–Crippen LogP) is 3.58. The third kappa shape index (κ3) is 4.56. The van der Waals surface area contributed by atoms with Crippen LogP contribution in [0.3, 0.4) is 0 Å². The molecule has 1 aliphatic heterocycles. The van der Waals surface area contributed by atoms with Gasteiger partial charge < -0.3 is 4.90 Å². The molecule has 1 saturated heterocycles. The molecule has 0 spiro atoms. The molecule has 110 valence electrons. The molecule has 0 amide bonds. The lowest BCUT2D eigenvalue weighted by Crippen LogP contribution is -2.57. The Balaban J connectivity index is 0.00000144. The Labute approximate surface area is 125 Å². The van der Waals surface area contributed by atoms with Gasteiger partial charge in [-0.15, -0.1) is 24.8 Å². The van der Waals surface area contributed by atoms with E-state index in [1.165, 1.54) is 71.0 Å². The Morgan fingerprint density at radius 3 is 1.83 bits per heavy atom. The van der Waals surface area contributed by atoms with Gasteiger partial charge >= 0.3 is 0 Å². The fourth-order valence-electron chi connectivity index (χ4n) is 3.74. The maximum Gasteiger partial charge on any atom is 0.0336 e. The number of likely N-dealkylation sites (N-methyl/N-ethyl adjacent to an activating group) is 1. The largest absolute Gasteiger partial charge is 0.308 e. The third-order valence-electron chi connectivity index (χ3n) is 4.42. The number of nitrogens with zero attached hydrogens (tertiary/aromatic N) is 2. The molecule has 1 saturated carbocycles. The van der Waals surface area contributed by atoms with Crippen LogP contribution < -0.4 is 0 Å². The van der Waals surface area contributed by atoms with Gasteiger partial charge in [0.1, 0.15) is 0 Å². The molecule has 1 heterocycles. The van der Waals surface area contributed by atoms with E-state index in [-0.39, 0.29) is 24.8 Å². The highest BCUT2D eigenvalue weighted by molar-refractivity contribution is 5.85. The fourth-order valence-corrected chi connectivity index (χ4v) is 3.74. The summed E-state index contributed by atoms with van der Waals surface area (Å²) in [5.41, 5.74) is 0.530. The average molecular weight is 297 g/mol. The van der Waals surface area contributed by atoms with Gasteiger partial charge in [-0.05, 0) is 52.9 Å². The molecule has 18 heavy (non-hydrogen) atoms. The molecule has 0 atom stereocenters. The summed E-state index contributed by atoms with van der Waals surface area (Å²) in [5, 5.41) is 0. The van der Waals surface area contributed by atoms with Crippen LogP contribution in [0.4, 0.5) is 0 Å². The van der Waals surface area contributed by atoms with Gasteiger partial charge in [-0.3, -0.25) is 4.90 Å². The Hall–Kier alpha value is 0.500. The van der Waals surface area contributed by atoms with Crippen molar-refractivity contribution in [2.45, 2.75) is 56.9 Å². The molecule has 1 aliphatic carbocycles. The molecule has 0 bridgehead atoms. The summed E-state index contributed by atoms with van der Waals surface area (Å²) in [6, 6.07) is 0. The van der Waals surface area contributed by atoms with E-state index in [1.807, 2.05) is 0 Å². The van der Waals surface area contributed by atoms with Gasteiger partial charge in [-0.2, -0.15) is 0 Å². The van der Waals surface area contributed by atoms with Crippen molar-refractivity contribution in [1.29, 1.82) is 0 Å². The van der Waals surface area contributed by atoms with Crippen molar-refractivity contribution in [2.75, 3.05) is 33.7 Å². The molecule has 4 heteroatoms. The van der Waals surface area contributed by atoms with E-state index in [2.05, 4.69) is 23.9 Å². The summed E-state index contributed by atoms with van der Waals surface area (Å²) in [5.74, 6) is 0. The molecule has 0 radical (unpaired) electrons. The molecule has 0 aromatic rings. The molecule has 2 fully saturated rings. The first kappa shape index (κ1) is 18.5. The van der Waals surface area contributed by atoms with Gasteiger partial charge in [0.15, 0.2) is 0 Å². The second kappa shape index (κ2) is 8.63. The highest BCUT2D eigenvalue weighted by atomic mass is 35.5. The second-order valence-electron chi connectivity index (χ2n) is 6.07. The Bertz CT molecular complexity index is 210. The van der Waals surface area contributed by atoms with E-state index in [4.69, 9.17) is 0 Å². The number of hydrogen-bond acceptors (Lipinski definition) is 2. The van der Waals surface area contributed by atoms with E-state index >= 15 is 0 Å². The predicted molar refractivity (Wildman–Crippen MR) is 84.3 cm³/mol. The van der Waals surface area contributed by atoms with Gasteiger partial charge in [-0.1, -0.05) is 25.7 Å². The monoisotopic (exact) mass is 296 g/mol. The molecule has 2 nitrogen and oxygen atoms in total. The molecular formula is C14H30Cl2N2. The van der Waals surface area contributed by atoms with E-state index in [0.717, 1.165) is 0 Å². The average Bonchev–Trinajstić information content (AvgIpc) is 2.30. The summed E-state index contributed by atoms with van der Waals surface area (Å²) >= 11 is 0. The van der Waals surface area contributed by atoms with Crippen LogP contribution in [-0.2, 0) is 0 Å². The Morgan fingerprint density at radius 1 is 0.833 bits per heavy atom. The highest BCUT2D eigenvalue weighted by Gasteiger charge is 2.38. The van der Waals surface area contributed by atoms with Crippen LogP contribution in [-0.4, -0.2) is 49.1 Å². The summed E-state index contributed by atoms with van der Waals surface area (Å²) < 4.78 is 0. The number of halogens is 2. The van der Waals surface area contributed by atoms with Crippen LogP contribution in [0.25, 0.3) is 0 Å². The Morgan fingerprint density at radius 2 is 1.33 bits per heavy atom. The van der Waals surface area contributed by atoms with Crippen molar-refractivity contribution in [2.24, 2.45) is 0 Å². The minimum Gasteiger partial charge on any atom is -0.308 e. The summed E-state index contributed by atoms with van der Waals surface area (Å²) in [6.45, 7) is 3.98. The van der Waals surface area contributed by atoms with E-state index in [0.29, 0.717) is 5.54 Å². The number of hydrogen-bond donors (Lipinski definition) is 0. The van der Waals surface area contributed by atoms with Gasteiger partial charge in [-0.25, -0.2) is 0 Å². The van der Waals surface area contributed by atoms with E-state index < -0.39 is 0 Å². The normalized spacial score (nSPS) is 24.2. The third-order valence-corrected chi connectivity index (χ3v) is 4.42. The van der Waals surface area contributed by atoms with Crippen LogP contribution >= 0.6 is 24.8 Å². The molecule has 0 aromatic carbocycles. The van der Waals surface area contributed by atoms with Crippen molar-refractivity contribution in [3.63, 3.8) is 0 Å². The zero-order chi connectivity index (χ0) is 11.4. The molecule has 0 N–H and O–H groups in total. The molecule has 2 rings (SSSR count). The number of likely N-dealkylation sites (tertiary alicyclic amines) is 1. The van der Waals surface area contributed by atoms with E-state index in [1.54, 1.807) is 0 Å². The lowest BCUT2D eigenvalue weighted by atomic mass is 9.79. The molecule has 2 aliphatic rings. The smallest absolute Gasteiger partial charge is 0.0336 e. The van der Waals surface area contributed by atoms with Gasteiger partial charge in [0.05, 0.1) is 0 Å². The van der Waals surface area contributed by atoms with Crippen LogP contribution in [0, 0.1) is 0 Å². The second-order valence-corrected chi connectivity index (χ2v) is 6.07. The zero-order valence-electron chi connectivity index (χ0n) is 12.0. The number of rotatable bonds is 3. The van der Waals surface area contributed by atoms with Crippen molar-refractivity contribution >= 4 is 24.8 Å². The quantitative estimate of drug-likeness (QED) is 0.785. The van der Waals surface area contributed by atoms with E-state index in [9.17, 15) is 0 Å². The van der Waals surface area contributed by atoms with Gasteiger partial charge in [0.2, 0.25) is 0 Å². The van der Waals surface area contributed by atoms with Crippen LogP contribution in [0.1, 0.15) is 51.4 Å². The molecule has 0 aromatic heterocycles. The minimum atomic E-state index is 0. The maximum absolute atomic E-state index is 2.83. The van der Waals surface area contributed by atoms with Crippen molar-refractivity contribution < 1.29 is 0 Å². The lowest BCUT2D eigenvalue weighted by molar-refractivity contribution is 0.0142. The topological polar surface area (TPSA) is 6.48 Å². The van der Waals surface area contributed by atoms with Crippen molar-refractivity contribution in [3.05, 3.63) is 0 Å². The molecule has 0 unspecified atom stereocenters. The van der Waals surface area contributed by atoms with Gasteiger partial charge in [0, 0.05) is 12.1 Å². The van der Waals surface area contributed by atoms with Crippen LogP contribution in [0.15, 0.2) is 0 Å². The standard InChI is InChI=1S/C14H28N2.2ClH/c1-15(2)13-14(9-5-3-6-10-14)16-11-7-4-8-12-16;;/h3-13H2,1-2H3;2*1H. The fraction of sp³-hybridized carbons (Fsp3) is 1.00. The van der Waals surface area contributed by atoms with Crippen LogP contribution in [0.2, 0.25) is 0 Å². The highest BCUT2D eigenvalue weighted by Crippen LogP contribution is 2.35. The first-order valence-electron chi connectivity index (χ1n) is 7.13. The molecular weight excluding hydrogens is 267 g/mol. The first-order valence-corrected chi connectivity index (χ1v) is 7.13. The Kier molecular flexibility index (Phi) is 8.87. The lowest BCUT2D eigenvalue weighted by Gasteiger charge is -2.49.